The Labute approximate surface area is 171 Å². The molecule has 0 unspecified atom stereocenters. The molecule has 3 aromatic rings. The Morgan fingerprint density at radius 1 is 1.24 bits per heavy atom. The van der Waals surface area contributed by atoms with E-state index < -0.39 is 9.84 Å². The predicted molar refractivity (Wildman–Crippen MR) is 113 cm³/mol. The zero-order chi connectivity index (χ0) is 20.6. The van der Waals surface area contributed by atoms with Gasteiger partial charge in [-0.05, 0) is 56.9 Å². The summed E-state index contributed by atoms with van der Waals surface area (Å²) in [6.07, 6.45) is 5.06. The zero-order valence-electron chi connectivity index (χ0n) is 16.9. The van der Waals surface area contributed by atoms with Crippen molar-refractivity contribution in [2.24, 2.45) is 5.92 Å². The number of ether oxygens (including phenoxy) is 1. The Hall–Kier alpha value is -2.61. The average Bonchev–Trinajstić information content (AvgIpc) is 3.12. The Kier molecular flexibility index (Phi) is 5.21. The van der Waals surface area contributed by atoms with Crippen LogP contribution in [0.25, 0.3) is 11.0 Å². The molecule has 1 N–H and O–H groups in total. The molecule has 0 saturated heterocycles. The number of aromatic amines is 1. The number of benzene rings is 1. The van der Waals surface area contributed by atoms with Crippen molar-refractivity contribution in [3.8, 4) is 5.75 Å². The van der Waals surface area contributed by atoms with Crippen LogP contribution in [0.4, 0.5) is 5.82 Å². The van der Waals surface area contributed by atoms with E-state index in [1.54, 1.807) is 30.6 Å². The summed E-state index contributed by atoms with van der Waals surface area (Å²) in [5.74, 6) is 1.77. The van der Waals surface area contributed by atoms with E-state index in [9.17, 15) is 8.42 Å². The van der Waals surface area contributed by atoms with Gasteiger partial charge in [-0.15, -0.1) is 0 Å². The highest BCUT2D eigenvalue weighted by Gasteiger charge is 2.36. The molecule has 4 rings (SSSR count). The molecule has 2 heterocycles. The third kappa shape index (κ3) is 4.07. The summed E-state index contributed by atoms with van der Waals surface area (Å²) >= 11 is 0. The topological polar surface area (TPSA) is 88.2 Å². The van der Waals surface area contributed by atoms with E-state index in [2.05, 4.69) is 19.9 Å². The van der Waals surface area contributed by atoms with Crippen molar-refractivity contribution < 1.29 is 13.2 Å². The van der Waals surface area contributed by atoms with E-state index in [-0.39, 0.29) is 23.8 Å². The first-order chi connectivity index (χ1) is 13.8. The van der Waals surface area contributed by atoms with Crippen molar-refractivity contribution in [3.05, 3.63) is 42.9 Å². The summed E-state index contributed by atoms with van der Waals surface area (Å²) in [5.41, 5.74) is 0.809. The largest absolute Gasteiger partial charge is 0.491 e. The average molecular weight is 415 g/mol. The molecule has 154 valence electrons. The Morgan fingerprint density at radius 2 is 2.03 bits per heavy atom. The molecule has 0 amide bonds. The Bertz CT molecular complexity index is 1100. The van der Waals surface area contributed by atoms with Crippen LogP contribution in [0.5, 0.6) is 5.75 Å². The monoisotopic (exact) mass is 414 g/mol. The van der Waals surface area contributed by atoms with Gasteiger partial charge < -0.3 is 14.6 Å². The van der Waals surface area contributed by atoms with E-state index >= 15 is 0 Å². The van der Waals surface area contributed by atoms with Gasteiger partial charge in [0.25, 0.3) is 0 Å². The van der Waals surface area contributed by atoms with Crippen LogP contribution in [0, 0.1) is 5.92 Å². The van der Waals surface area contributed by atoms with E-state index in [1.807, 2.05) is 33.2 Å². The van der Waals surface area contributed by atoms with Crippen molar-refractivity contribution in [1.82, 2.24) is 15.0 Å². The highest BCUT2D eigenvalue weighted by molar-refractivity contribution is 7.91. The number of rotatable bonds is 7. The maximum absolute atomic E-state index is 12.9. The fourth-order valence-electron chi connectivity index (χ4n) is 3.89. The van der Waals surface area contributed by atoms with Crippen molar-refractivity contribution in [2.75, 3.05) is 17.7 Å². The van der Waals surface area contributed by atoms with Gasteiger partial charge in [0, 0.05) is 19.3 Å². The molecule has 7 nitrogen and oxygen atoms in total. The summed E-state index contributed by atoms with van der Waals surface area (Å²) in [6, 6.07) is 9.04. The summed E-state index contributed by atoms with van der Waals surface area (Å²) in [7, 11) is -1.34. The molecule has 1 aliphatic rings. The lowest BCUT2D eigenvalue weighted by Gasteiger charge is -2.41. The molecule has 0 radical (unpaired) electrons. The van der Waals surface area contributed by atoms with Crippen molar-refractivity contribution in [2.45, 2.75) is 43.7 Å². The van der Waals surface area contributed by atoms with E-state index in [0.717, 1.165) is 29.7 Å². The van der Waals surface area contributed by atoms with Gasteiger partial charge in [-0.1, -0.05) is 6.07 Å². The van der Waals surface area contributed by atoms with Gasteiger partial charge >= 0.3 is 0 Å². The number of sulfone groups is 1. The molecule has 1 aliphatic carbocycles. The van der Waals surface area contributed by atoms with Crippen LogP contribution in [0.15, 0.2) is 47.8 Å². The molecule has 0 spiro atoms. The lowest BCUT2D eigenvalue weighted by atomic mass is 9.81. The molecule has 8 heteroatoms. The van der Waals surface area contributed by atoms with E-state index in [4.69, 9.17) is 4.74 Å². The van der Waals surface area contributed by atoms with Crippen LogP contribution in [0.3, 0.4) is 0 Å². The molecule has 1 fully saturated rings. The molecule has 1 aromatic carbocycles. The number of fused-ring (bicyclic) bond motifs is 1. The van der Waals surface area contributed by atoms with Gasteiger partial charge in [-0.2, -0.15) is 0 Å². The number of hydrogen-bond acceptors (Lipinski definition) is 6. The number of nitrogens with one attached hydrogen (secondary N) is 1. The smallest absolute Gasteiger partial charge is 0.178 e. The van der Waals surface area contributed by atoms with Crippen molar-refractivity contribution in [3.63, 3.8) is 0 Å². The molecular formula is C21H26N4O3S. The Balaban J connectivity index is 1.41. The first-order valence-corrected chi connectivity index (χ1v) is 11.5. The molecule has 29 heavy (non-hydrogen) atoms. The van der Waals surface area contributed by atoms with Crippen molar-refractivity contribution >= 4 is 26.7 Å². The molecule has 0 atom stereocenters. The van der Waals surface area contributed by atoms with Gasteiger partial charge in [-0.3, -0.25) is 0 Å². The minimum absolute atomic E-state index is 0.00386. The third-order valence-electron chi connectivity index (χ3n) is 5.42. The van der Waals surface area contributed by atoms with E-state index in [1.165, 1.54) is 0 Å². The van der Waals surface area contributed by atoms with Gasteiger partial charge in [0.1, 0.15) is 23.5 Å². The molecule has 0 aliphatic heterocycles. The van der Waals surface area contributed by atoms with Gasteiger partial charge in [0.15, 0.2) is 9.84 Å². The van der Waals surface area contributed by atoms with E-state index in [0.29, 0.717) is 10.6 Å². The first kappa shape index (κ1) is 19.7. The van der Waals surface area contributed by atoms with Crippen LogP contribution < -0.4 is 9.64 Å². The Morgan fingerprint density at radius 3 is 2.79 bits per heavy atom. The van der Waals surface area contributed by atoms with Crippen LogP contribution in [0.2, 0.25) is 0 Å². The second-order valence-electron chi connectivity index (χ2n) is 7.96. The molecule has 0 bridgehead atoms. The number of hydrogen-bond donors (Lipinski definition) is 1. The number of nitrogens with zero attached hydrogens (tertiary/aromatic N) is 3. The second kappa shape index (κ2) is 7.67. The molecular weight excluding hydrogens is 388 g/mol. The van der Waals surface area contributed by atoms with Gasteiger partial charge in [0.05, 0.1) is 22.1 Å². The SMILES string of the molecule is CC(C)Oc1cccc(S(=O)(=O)C[C@H]2C[C@@H](N(C)c3ncnc4[nH]ccc34)C2)c1. The quantitative estimate of drug-likeness (QED) is 0.637. The molecule has 1 saturated carbocycles. The lowest BCUT2D eigenvalue weighted by Crippen LogP contribution is -2.45. The zero-order valence-corrected chi connectivity index (χ0v) is 17.7. The maximum Gasteiger partial charge on any atom is 0.178 e. The third-order valence-corrected chi connectivity index (χ3v) is 7.30. The number of aromatic nitrogens is 3. The van der Waals surface area contributed by atoms with Crippen LogP contribution in [-0.2, 0) is 9.84 Å². The van der Waals surface area contributed by atoms with Crippen LogP contribution in [0.1, 0.15) is 26.7 Å². The summed E-state index contributed by atoms with van der Waals surface area (Å²) in [6.45, 7) is 3.84. The minimum Gasteiger partial charge on any atom is -0.491 e. The van der Waals surface area contributed by atoms with Crippen LogP contribution >= 0.6 is 0 Å². The fourth-order valence-corrected chi connectivity index (χ4v) is 5.55. The number of H-pyrrole nitrogens is 1. The minimum atomic E-state index is -3.35. The highest BCUT2D eigenvalue weighted by Crippen LogP contribution is 2.36. The second-order valence-corrected chi connectivity index (χ2v) is 10.00. The fraction of sp³-hybridized carbons (Fsp3) is 0.429. The summed E-state index contributed by atoms with van der Waals surface area (Å²) < 4.78 is 31.4. The van der Waals surface area contributed by atoms with Crippen molar-refractivity contribution in [1.29, 1.82) is 0 Å². The maximum atomic E-state index is 12.9. The predicted octanol–water partition coefficient (Wildman–Crippen LogP) is 3.43. The lowest BCUT2D eigenvalue weighted by molar-refractivity contribution is 0.242. The summed E-state index contributed by atoms with van der Waals surface area (Å²) in [5, 5.41) is 0.980. The highest BCUT2D eigenvalue weighted by atomic mass is 32.2. The van der Waals surface area contributed by atoms with Crippen LogP contribution in [-0.4, -0.2) is 48.3 Å². The molecule has 2 aromatic heterocycles. The van der Waals surface area contributed by atoms with Gasteiger partial charge in [0.2, 0.25) is 0 Å². The number of anilines is 1. The normalized spacial score (nSPS) is 19.3. The van der Waals surface area contributed by atoms with Gasteiger partial charge in [-0.25, -0.2) is 18.4 Å². The summed E-state index contributed by atoms with van der Waals surface area (Å²) in [4.78, 5) is 14.2. The standard InChI is InChI=1S/C21H26N4O3S/c1-14(2)28-17-5-4-6-18(11-17)29(26,27)12-15-9-16(10-15)25(3)21-19-7-8-22-20(19)23-13-24-21/h4-8,11,13-16H,9-10,12H2,1-3H3,(H,22,23,24)/t15-,16+. The first-order valence-electron chi connectivity index (χ1n) is 9.84.